The zero-order valence-electron chi connectivity index (χ0n) is 25.7. The van der Waals surface area contributed by atoms with Crippen molar-refractivity contribution in [2.24, 2.45) is 7.05 Å². The highest BCUT2D eigenvalue weighted by Crippen LogP contribution is 2.37. The molecule has 0 amide bonds. The van der Waals surface area contributed by atoms with Gasteiger partial charge in [-0.05, 0) is 43.7 Å². The van der Waals surface area contributed by atoms with Crippen LogP contribution in [0.5, 0.6) is 28.7 Å². The van der Waals surface area contributed by atoms with Crippen LogP contribution < -0.4 is 23.7 Å². The standard InChI is InChI=1S/C31H38N4O7S/c1-31(2,30-32-20-34(3)33-30)23-11-14-26(40-6)29(15-23)43(36,37)35(18-21-9-12-24(38-4)16-27(21)41-7)19-22-10-13-25(39-5)17-28(22)42-8/h9-17,20H,18-19H2,1-8H3. The SMILES string of the molecule is COc1ccc(CN(Cc2ccc(OC)cc2OC)S(=O)(=O)c2cc(C(C)(C)c3ncn(C)n3)ccc2OC)c(OC)c1. The molecular formula is C31H38N4O7S. The first-order valence-corrected chi connectivity index (χ1v) is 14.9. The van der Waals surface area contributed by atoms with Gasteiger partial charge in [-0.15, -0.1) is 0 Å². The molecule has 0 aliphatic rings. The molecule has 0 spiro atoms. The minimum atomic E-state index is -4.19. The van der Waals surface area contributed by atoms with Crippen molar-refractivity contribution in [1.82, 2.24) is 19.1 Å². The summed E-state index contributed by atoms with van der Waals surface area (Å²) in [5, 5.41) is 4.47. The van der Waals surface area contributed by atoms with E-state index < -0.39 is 15.4 Å². The predicted molar refractivity (Wildman–Crippen MR) is 162 cm³/mol. The maximum absolute atomic E-state index is 14.7. The third kappa shape index (κ3) is 6.55. The fourth-order valence-electron chi connectivity index (χ4n) is 4.73. The molecule has 0 fully saturated rings. The Kier molecular flexibility index (Phi) is 9.51. The summed E-state index contributed by atoms with van der Waals surface area (Å²) < 4.78 is 59.8. The molecule has 4 rings (SSSR count). The van der Waals surface area contributed by atoms with Crippen LogP contribution >= 0.6 is 0 Å². The molecule has 12 heteroatoms. The van der Waals surface area contributed by atoms with Crippen LogP contribution in [0.4, 0.5) is 0 Å². The fraction of sp³-hybridized carbons (Fsp3) is 0.355. The quantitative estimate of drug-likeness (QED) is 0.215. The zero-order chi connectivity index (χ0) is 31.4. The predicted octanol–water partition coefficient (Wildman–Crippen LogP) is 4.58. The highest BCUT2D eigenvalue weighted by atomic mass is 32.2. The van der Waals surface area contributed by atoms with Crippen LogP contribution in [-0.2, 0) is 35.6 Å². The first-order chi connectivity index (χ1) is 20.5. The summed E-state index contributed by atoms with van der Waals surface area (Å²) in [5.74, 6) is 2.93. The van der Waals surface area contributed by atoms with Gasteiger partial charge in [0.05, 0.1) is 41.0 Å². The Morgan fingerprint density at radius 2 is 1.28 bits per heavy atom. The highest BCUT2D eigenvalue weighted by Gasteiger charge is 2.34. The van der Waals surface area contributed by atoms with Crippen LogP contribution in [0.25, 0.3) is 0 Å². The third-order valence-corrected chi connectivity index (χ3v) is 9.16. The molecule has 1 aromatic heterocycles. The van der Waals surface area contributed by atoms with E-state index in [1.165, 1.54) is 25.6 Å². The smallest absolute Gasteiger partial charge is 0.247 e. The Hall–Kier alpha value is -4.29. The van der Waals surface area contributed by atoms with E-state index in [4.69, 9.17) is 23.7 Å². The van der Waals surface area contributed by atoms with Crippen molar-refractivity contribution < 1.29 is 32.1 Å². The Balaban J connectivity index is 1.87. The van der Waals surface area contributed by atoms with Gasteiger partial charge in [-0.2, -0.15) is 9.40 Å². The van der Waals surface area contributed by atoms with Gasteiger partial charge >= 0.3 is 0 Å². The Morgan fingerprint density at radius 3 is 1.72 bits per heavy atom. The number of ether oxygens (including phenoxy) is 5. The van der Waals surface area contributed by atoms with E-state index in [2.05, 4.69) is 10.1 Å². The molecule has 0 saturated carbocycles. The fourth-order valence-corrected chi connectivity index (χ4v) is 6.31. The Bertz CT molecular complexity index is 1630. The lowest BCUT2D eigenvalue weighted by atomic mass is 9.84. The largest absolute Gasteiger partial charge is 0.497 e. The van der Waals surface area contributed by atoms with Crippen LogP contribution in [0.15, 0.2) is 65.8 Å². The van der Waals surface area contributed by atoms with E-state index >= 15 is 0 Å². The van der Waals surface area contributed by atoms with Crippen molar-refractivity contribution in [3.05, 3.63) is 83.4 Å². The normalized spacial score (nSPS) is 11.8. The summed E-state index contributed by atoms with van der Waals surface area (Å²) >= 11 is 0. The van der Waals surface area contributed by atoms with Crippen LogP contribution in [0.1, 0.15) is 36.4 Å². The van der Waals surface area contributed by atoms with E-state index in [1.807, 2.05) is 19.9 Å². The van der Waals surface area contributed by atoms with E-state index in [0.717, 1.165) is 0 Å². The number of nitrogens with zero attached hydrogens (tertiary/aromatic N) is 4. The van der Waals surface area contributed by atoms with E-state index in [0.29, 0.717) is 45.5 Å². The average molecular weight is 611 g/mol. The second-order valence-electron chi connectivity index (χ2n) is 10.4. The summed E-state index contributed by atoms with van der Waals surface area (Å²) in [4.78, 5) is 4.43. The van der Waals surface area contributed by atoms with Gasteiger partial charge in [-0.1, -0.05) is 18.2 Å². The number of rotatable bonds is 13. The third-order valence-electron chi connectivity index (χ3n) is 7.34. The first kappa shape index (κ1) is 31.6. The van der Waals surface area contributed by atoms with Gasteiger partial charge in [0.15, 0.2) is 5.82 Å². The zero-order valence-corrected chi connectivity index (χ0v) is 26.6. The van der Waals surface area contributed by atoms with E-state index in [-0.39, 0.29) is 23.7 Å². The number of hydrogen-bond donors (Lipinski definition) is 0. The molecule has 0 saturated heterocycles. The van der Waals surface area contributed by atoms with Gasteiger partial charge in [0.2, 0.25) is 10.0 Å². The second kappa shape index (κ2) is 12.9. The molecule has 0 N–H and O–H groups in total. The molecule has 0 aliphatic heterocycles. The van der Waals surface area contributed by atoms with E-state index in [1.54, 1.807) is 80.8 Å². The minimum absolute atomic E-state index is 0.0106. The van der Waals surface area contributed by atoms with Gasteiger partial charge in [-0.3, -0.25) is 4.68 Å². The van der Waals surface area contributed by atoms with Crippen LogP contribution in [-0.4, -0.2) is 63.0 Å². The highest BCUT2D eigenvalue weighted by molar-refractivity contribution is 7.89. The molecule has 0 bridgehead atoms. The van der Waals surface area contributed by atoms with Gasteiger partial charge in [0.1, 0.15) is 40.0 Å². The number of sulfonamides is 1. The van der Waals surface area contributed by atoms with E-state index in [9.17, 15) is 8.42 Å². The summed E-state index contributed by atoms with van der Waals surface area (Å²) in [5.41, 5.74) is 1.31. The van der Waals surface area contributed by atoms with Crippen LogP contribution in [0.3, 0.4) is 0 Å². The van der Waals surface area contributed by atoms with Crippen molar-refractivity contribution in [2.75, 3.05) is 35.5 Å². The van der Waals surface area contributed by atoms with Crippen molar-refractivity contribution in [3.63, 3.8) is 0 Å². The lowest BCUT2D eigenvalue weighted by molar-refractivity contribution is 0.355. The Labute approximate surface area is 253 Å². The van der Waals surface area contributed by atoms with Crippen molar-refractivity contribution >= 4 is 10.0 Å². The average Bonchev–Trinajstić information content (AvgIpc) is 3.47. The van der Waals surface area contributed by atoms with Gasteiger partial charge < -0.3 is 23.7 Å². The monoisotopic (exact) mass is 610 g/mol. The van der Waals surface area contributed by atoms with Gasteiger partial charge in [-0.25, -0.2) is 13.4 Å². The Morgan fingerprint density at radius 1 is 0.744 bits per heavy atom. The number of benzene rings is 3. The second-order valence-corrected chi connectivity index (χ2v) is 12.3. The van der Waals surface area contributed by atoms with Crippen molar-refractivity contribution in [2.45, 2.75) is 37.2 Å². The topological polar surface area (TPSA) is 114 Å². The molecule has 0 atom stereocenters. The van der Waals surface area contributed by atoms with Gasteiger partial charge in [0.25, 0.3) is 0 Å². The minimum Gasteiger partial charge on any atom is -0.497 e. The number of hydrogen-bond acceptors (Lipinski definition) is 9. The number of methoxy groups -OCH3 is 5. The maximum atomic E-state index is 14.7. The lowest BCUT2D eigenvalue weighted by Gasteiger charge is -2.27. The molecule has 230 valence electrons. The number of aromatic nitrogens is 3. The summed E-state index contributed by atoms with van der Waals surface area (Å²) in [7, 11) is 5.22. The maximum Gasteiger partial charge on any atom is 0.247 e. The number of aryl methyl sites for hydroxylation is 1. The molecule has 43 heavy (non-hydrogen) atoms. The molecule has 0 radical (unpaired) electrons. The summed E-state index contributed by atoms with van der Waals surface area (Å²) in [6.45, 7) is 3.87. The van der Waals surface area contributed by atoms with Crippen LogP contribution in [0, 0.1) is 0 Å². The molecule has 1 heterocycles. The van der Waals surface area contributed by atoms with Crippen molar-refractivity contribution in [1.29, 1.82) is 0 Å². The van der Waals surface area contributed by atoms with Crippen molar-refractivity contribution in [3.8, 4) is 28.7 Å². The molecule has 3 aromatic carbocycles. The molecule has 4 aromatic rings. The molecular weight excluding hydrogens is 572 g/mol. The van der Waals surface area contributed by atoms with Gasteiger partial charge in [0, 0.05) is 43.4 Å². The molecule has 0 aliphatic carbocycles. The first-order valence-electron chi connectivity index (χ1n) is 13.4. The summed E-state index contributed by atoms with van der Waals surface area (Å²) in [6.07, 6.45) is 1.62. The molecule has 0 unspecified atom stereocenters. The van der Waals surface area contributed by atoms with Crippen LogP contribution in [0.2, 0.25) is 0 Å². The molecule has 11 nitrogen and oxygen atoms in total. The lowest BCUT2D eigenvalue weighted by Crippen LogP contribution is -2.31. The summed E-state index contributed by atoms with van der Waals surface area (Å²) in [6, 6.07) is 15.7.